The number of hydrogen-bond donors (Lipinski definition) is 3. The van der Waals surface area contributed by atoms with E-state index in [9.17, 15) is 4.79 Å². The predicted molar refractivity (Wildman–Crippen MR) is 71.2 cm³/mol. The second-order valence-corrected chi connectivity index (χ2v) is 4.61. The summed E-state index contributed by atoms with van der Waals surface area (Å²) >= 11 is 1.31. The topological polar surface area (TPSA) is 88.2 Å². The second kappa shape index (κ2) is 5.61. The Morgan fingerprint density at radius 1 is 1.44 bits per heavy atom. The van der Waals surface area contributed by atoms with Crippen molar-refractivity contribution in [1.82, 2.24) is 4.98 Å². The quantitative estimate of drug-likeness (QED) is 0.778. The first-order valence-corrected chi connectivity index (χ1v) is 6.25. The molecule has 0 atom stereocenters. The third-order valence-corrected chi connectivity index (χ3v) is 3.10. The molecule has 1 amide bonds. The SMILES string of the molecule is Nc1nc(CC(=O)Nc2ccccc2CO)cs1. The Balaban J connectivity index is 2.03. The first-order chi connectivity index (χ1) is 8.69. The Bertz CT molecular complexity index is 554. The summed E-state index contributed by atoms with van der Waals surface area (Å²) in [6, 6.07) is 7.12. The van der Waals surface area contributed by atoms with Crippen molar-refractivity contribution in [2.24, 2.45) is 0 Å². The number of nitrogens with zero attached hydrogens (tertiary/aromatic N) is 1. The van der Waals surface area contributed by atoms with Gasteiger partial charge in [0.1, 0.15) is 0 Å². The van der Waals surface area contributed by atoms with Crippen LogP contribution in [0.1, 0.15) is 11.3 Å². The lowest BCUT2D eigenvalue weighted by atomic mass is 10.2. The number of nitrogen functional groups attached to an aromatic ring is 1. The summed E-state index contributed by atoms with van der Waals surface area (Å²) in [5, 5.41) is 14.1. The highest BCUT2D eigenvalue weighted by molar-refractivity contribution is 7.13. The Labute approximate surface area is 108 Å². The van der Waals surface area contributed by atoms with Crippen molar-refractivity contribution >= 4 is 28.1 Å². The molecule has 1 heterocycles. The number of hydrogen-bond acceptors (Lipinski definition) is 5. The van der Waals surface area contributed by atoms with E-state index in [1.165, 1.54) is 11.3 Å². The van der Waals surface area contributed by atoms with Crippen molar-refractivity contribution in [3.63, 3.8) is 0 Å². The van der Waals surface area contributed by atoms with Crippen molar-refractivity contribution in [2.75, 3.05) is 11.1 Å². The van der Waals surface area contributed by atoms with E-state index >= 15 is 0 Å². The molecule has 0 fully saturated rings. The van der Waals surface area contributed by atoms with Gasteiger partial charge in [-0.1, -0.05) is 18.2 Å². The maximum absolute atomic E-state index is 11.8. The minimum absolute atomic E-state index is 0.111. The highest BCUT2D eigenvalue weighted by Crippen LogP contribution is 2.16. The van der Waals surface area contributed by atoms with Gasteiger partial charge in [-0.3, -0.25) is 4.79 Å². The van der Waals surface area contributed by atoms with Gasteiger partial charge in [0.05, 0.1) is 18.7 Å². The molecular weight excluding hydrogens is 250 g/mol. The summed E-state index contributed by atoms with van der Waals surface area (Å²) < 4.78 is 0. The number of nitrogens with two attached hydrogens (primary N) is 1. The molecule has 2 aromatic rings. The average molecular weight is 263 g/mol. The summed E-state index contributed by atoms with van der Waals surface area (Å²) in [6.45, 7) is -0.111. The smallest absolute Gasteiger partial charge is 0.230 e. The van der Waals surface area contributed by atoms with Crippen LogP contribution in [0.15, 0.2) is 29.6 Å². The van der Waals surface area contributed by atoms with Gasteiger partial charge < -0.3 is 16.2 Å². The van der Waals surface area contributed by atoms with E-state index in [1.54, 1.807) is 23.6 Å². The lowest BCUT2D eigenvalue weighted by Crippen LogP contribution is -2.15. The molecule has 0 unspecified atom stereocenters. The number of amides is 1. The number of benzene rings is 1. The number of rotatable bonds is 4. The van der Waals surface area contributed by atoms with E-state index in [4.69, 9.17) is 10.8 Å². The number of aromatic nitrogens is 1. The van der Waals surface area contributed by atoms with Gasteiger partial charge in [0.15, 0.2) is 5.13 Å². The fourth-order valence-electron chi connectivity index (χ4n) is 1.54. The zero-order chi connectivity index (χ0) is 13.0. The van der Waals surface area contributed by atoms with Gasteiger partial charge in [-0.2, -0.15) is 0 Å². The highest BCUT2D eigenvalue weighted by atomic mass is 32.1. The third kappa shape index (κ3) is 3.06. The largest absolute Gasteiger partial charge is 0.392 e. The molecule has 0 spiro atoms. The number of nitrogens with one attached hydrogen (secondary N) is 1. The van der Waals surface area contributed by atoms with Gasteiger partial charge in [-0.25, -0.2) is 4.98 Å². The predicted octanol–water partition coefficient (Wildman–Crippen LogP) is 1.40. The number of anilines is 2. The van der Waals surface area contributed by atoms with Crippen LogP contribution in [-0.4, -0.2) is 16.0 Å². The van der Waals surface area contributed by atoms with Gasteiger partial charge in [-0.15, -0.1) is 11.3 Å². The fourth-order valence-corrected chi connectivity index (χ4v) is 2.11. The van der Waals surface area contributed by atoms with Gasteiger partial charge in [0.2, 0.25) is 5.91 Å². The molecule has 94 valence electrons. The molecule has 0 aliphatic heterocycles. The Kier molecular flexibility index (Phi) is 3.91. The van der Waals surface area contributed by atoms with Crippen LogP contribution in [-0.2, 0) is 17.8 Å². The summed E-state index contributed by atoms with van der Waals surface area (Å²) in [7, 11) is 0. The minimum Gasteiger partial charge on any atom is -0.392 e. The van der Waals surface area contributed by atoms with Crippen molar-refractivity contribution in [3.05, 3.63) is 40.9 Å². The molecule has 1 aromatic carbocycles. The zero-order valence-electron chi connectivity index (χ0n) is 9.59. The monoisotopic (exact) mass is 263 g/mol. The van der Waals surface area contributed by atoms with Crippen LogP contribution < -0.4 is 11.1 Å². The normalized spacial score (nSPS) is 10.3. The molecule has 0 aliphatic rings. The Morgan fingerprint density at radius 3 is 2.89 bits per heavy atom. The number of thiazole rings is 1. The van der Waals surface area contributed by atoms with Crippen LogP contribution in [0.3, 0.4) is 0 Å². The average Bonchev–Trinajstić information content (AvgIpc) is 2.75. The van der Waals surface area contributed by atoms with Crippen molar-refractivity contribution in [1.29, 1.82) is 0 Å². The lowest BCUT2D eigenvalue weighted by molar-refractivity contribution is -0.115. The maximum Gasteiger partial charge on any atom is 0.230 e. The van der Waals surface area contributed by atoms with Gasteiger partial charge >= 0.3 is 0 Å². The molecule has 2 rings (SSSR count). The minimum atomic E-state index is -0.179. The standard InChI is InChI=1S/C12H13N3O2S/c13-12-14-9(7-18-12)5-11(17)15-10-4-2-1-3-8(10)6-16/h1-4,7,16H,5-6H2,(H2,13,14)(H,15,17). The second-order valence-electron chi connectivity index (χ2n) is 3.72. The molecule has 0 bridgehead atoms. The molecule has 18 heavy (non-hydrogen) atoms. The van der Waals surface area contributed by atoms with Gasteiger partial charge in [0.25, 0.3) is 0 Å². The highest BCUT2D eigenvalue weighted by Gasteiger charge is 2.09. The first kappa shape index (κ1) is 12.5. The Morgan fingerprint density at radius 2 is 2.22 bits per heavy atom. The van der Waals surface area contributed by atoms with Crippen LogP contribution in [0, 0.1) is 0 Å². The van der Waals surface area contributed by atoms with E-state index in [-0.39, 0.29) is 18.9 Å². The molecule has 0 radical (unpaired) electrons. The van der Waals surface area contributed by atoms with Crippen LogP contribution in [0.5, 0.6) is 0 Å². The molecule has 5 nitrogen and oxygen atoms in total. The number of carbonyl (C=O) groups is 1. The van der Waals surface area contributed by atoms with Crippen LogP contribution >= 0.6 is 11.3 Å². The zero-order valence-corrected chi connectivity index (χ0v) is 10.4. The van der Waals surface area contributed by atoms with Crippen molar-refractivity contribution in [3.8, 4) is 0 Å². The summed E-state index contributed by atoms with van der Waals surface area (Å²) in [4.78, 5) is 15.8. The Hall–Kier alpha value is -1.92. The van der Waals surface area contributed by atoms with Crippen LogP contribution in [0.4, 0.5) is 10.8 Å². The van der Waals surface area contributed by atoms with E-state index in [1.807, 2.05) is 6.07 Å². The summed E-state index contributed by atoms with van der Waals surface area (Å²) in [6.07, 6.45) is 0.174. The van der Waals surface area contributed by atoms with E-state index < -0.39 is 0 Å². The molecule has 4 N–H and O–H groups in total. The summed E-state index contributed by atoms with van der Waals surface area (Å²) in [5.74, 6) is -0.179. The molecule has 0 aliphatic carbocycles. The third-order valence-electron chi connectivity index (χ3n) is 2.37. The molecule has 6 heteroatoms. The van der Waals surface area contributed by atoms with Crippen molar-refractivity contribution < 1.29 is 9.90 Å². The van der Waals surface area contributed by atoms with Gasteiger partial charge in [0, 0.05) is 16.6 Å². The number of aliphatic hydroxyl groups excluding tert-OH is 1. The molecular formula is C12H13N3O2S. The number of aliphatic hydroxyl groups is 1. The first-order valence-electron chi connectivity index (χ1n) is 5.37. The number of carbonyl (C=O) groups excluding carboxylic acids is 1. The lowest BCUT2D eigenvalue weighted by Gasteiger charge is -2.08. The van der Waals surface area contributed by atoms with Crippen molar-refractivity contribution in [2.45, 2.75) is 13.0 Å². The maximum atomic E-state index is 11.8. The van der Waals surface area contributed by atoms with Gasteiger partial charge in [-0.05, 0) is 6.07 Å². The van der Waals surface area contributed by atoms with E-state index in [0.717, 1.165) is 0 Å². The number of para-hydroxylation sites is 1. The van der Waals surface area contributed by atoms with Crippen LogP contribution in [0.2, 0.25) is 0 Å². The molecule has 0 saturated carbocycles. The van der Waals surface area contributed by atoms with E-state index in [0.29, 0.717) is 22.1 Å². The fraction of sp³-hybridized carbons (Fsp3) is 0.167. The van der Waals surface area contributed by atoms with Crippen LogP contribution in [0.25, 0.3) is 0 Å². The summed E-state index contributed by atoms with van der Waals surface area (Å²) in [5.41, 5.74) is 7.45. The van der Waals surface area contributed by atoms with E-state index in [2.05, 4.69) is 10.3 Å². The molecule has 1 aromatic heterocycles. The molecule has 0 saturated heterocycles.